The quantitative estimate of drug-likeness (QED) is 0.857. The minimum atomic E-state index is -0.213. The van der Waals surface area contributed by atoms with E-state index in [4.69, 9.17) is 10.5 Å². The number of anilines is 1. The fraction of sp³-hybridized carbons (Fsp3) is 0.389. The van der Waals surface area contributed by atoms with Crippen LogP contribution in [-0.4, -0.2) is 46.0 Å². The molecule has 2 aliphatic rings. The fourth-order valence-corrected chi connectivity index (χ4v) is 3.40. The number of hydrogen-bond acceptors (Lipinski definition) is 6. The number of ether oxygens (including phenoxy) is 1. The Balaban J connectivity index is 1.37. The Kier molecular flexibility index (Phi) is 4.23. The lowest BCUT2D eigenvalue weighted by atomic mass is 10.1. The lowest BCUT2D eigenvalue weighted by Crippen LogP contribution is -2.45. The van der Waals surface area contributed by atoms with Gasteiger partial charge in [-0.05, 0) is 24.1 Å². The third-order valence-electron chi connectivity index (χ3n) is 4.71. The van der Waals surface area contributed by atoms with Crippen molar-refractivity contribution in [3.8, 4) is 5.75 Å². The normalized spacial score (nSPS) is 22.5. The van der Waals surface area contributed by atoms with Gasteiger partial charge in [-0.2, -0.15) is 0 Å². The Bertz CT molecular complexity index is 767. The topological polar surface area (TPSA) is 93.4 Å². The van der Waals surface area contributed by atoms with Crippen molar-refractivity contribution in [3.05, 3.63) is 47.8 Å². The molecule has 3 heterocycles. The number of fused-ring (bicyclic) bond motifs is 1. The van der Waals surface area contributed by atoms with Crippen LogP contribution in [0.25, 0.3) is 0 Å². The monoisotopic (exact) mass is 339 g/mol. The van der Waals surface area contributed by atoms with Crippen molar-refractivity contribution in [1.29, 1.82) is 0 Å². The minimum Gasteiger partial charge on any atom is -0.489 e. The largest absolute Gasteiger partial charge is 0.489 e. The average Bonchev–Trinajstić information content (AvgIpc) is 3.09. The third kappa shape index (κ3) is 3.41. The van der Waals surface area contributed by atoms with Crippen LogP contribution < -0.4 is 15.8 Å². The van der Waals surface area contributed by atoms with Crippen LogP contribution in [0.5, 0.6) is 5.75 Å². The Labute approximate surface area is 146 Å². The summed E-state index contributed by atoms with van der Waals surface area (Å²) in [4.78, 5) is 23.0. The molecule has 1 aromatic heterocycles. The maximum atomic E-state index is 12.8. The molecule has 2 atom stereocenters. The maximum Gasteiger partial charge on any atom is 0.240 e. The summed E-state index contributed by atoms with van der Waals surface area (Å²) in [5.74, 6) is 1.19. The molecule has 25 heavy (non-hydrogen) atoms. The molecule has 0 unspecified atom stereocenters. The summed E-state index contributed by atoms with van der Waals surface area (Å²) in [6.07, 6.45) is 3.20. The van der Waals surface area contributed by atoms with Crippen LogP contribution in [0.3, 0.4) is 0 Å². The van der Waals surface area contributed by atoms with Crippen LogP contribution in [0.4, 0.5) is 5.95 Å². The van der Waals surface area contributed by atoms with Gasteiger partial charge in [-0.15, -0.1) is 0 Å². The molecule has 4 rings (SSSR count). The number of nitrogens with zero attached hydrogens (tertiary/aromatic N) is 3. The fourth-order valence-electron chi connectivity index (χ4n) is 3.40. The first-order valence-electron chi connectivity index (χ1n) is 8.53. The van der Waals surface area contributed by atoms with Crippen LogP contribution in [-0.2, 0) is 17.8 Å². The first kappa shape index (κ1) is 15.8. The van der Waals surface area contributed by atoms with Crippen LogP contribution in [0.2, 0.25) is 0 Å². The van der Waals surface area contributed by atoms with E-state index in [0.29, 0.717) is 26.1 Å². The number of amides is 1. The molecular weight excluding hydrogens is 318 g/mol. The molecule has 0 radical (unpaired) electrons. The van der Waals surface area contributed by atoms with Gasteiger partial charge in [-0.1, -0.05) is 18.2 Å². The van der Waals surface area contributed by atoms with Gasteiger partial charge >= 0.3 is 0 Å². The third-order valence-corrected chi connectivity index (χ3v) is 4.71. The summed E-state index contributed by atoms with van der Waals surface area (Å²) in [7, 11) is 0. The zero-order valence-electron chi connectivity index (χ0n) is 13.9. The molecule has 0 spiro atoms. The highest BCUT2D eigenvalue weighted by Crippen LogP contribution is 2.21. The molecule has 7 nitrogen and oxygen atoms in total. The summed E-state index contributed by atoms with van der Waals surface area (Å²) >= 11 is 0. The number of hydrogen-bond donors (Lipinski definition) is 2. The molecule has 0 aliphatic carbocycles. The predicted octanol–water partition coefficient (Wildman–Crippen LogP) is 0.753. The number of aromatic nitrogens is 2. The summed E-state index contributed by atoms with van der Waals surface area (Å²) in [5.41, 5.74) is 7.58. The van der Waals surface area contributed by atoms with Gasteiger partial charge in [0.15, 0.2) is 0 Å². The van der Waals surface area contributed by atoms with E-state index >= 15 is 0 Å². The van der Waals surface area contributed by atoms with Crippen molar-refractivity contribution in [2.75, 3.05) is 18.8 Å². The molecule has 0 saturated carbocycles. The molecule has 1 saturated heterocycles. The van der Waals surface area contributed by atoms with E-state index < -0.39 is 0 Å². The zero-order chi connectivity index (χ0) is 17.2. The van der Waals surface area contributed by atoms with Gasteiger partial charge in [-0.3, -0.25) is 4.79 Å². The Morgan fingerprint density at radius 3 is 3.00 bits per heavy atom. The molecule has 1 fully saturated rings. The van der Waals surface area contributed by atoms with E-state index in [1.807, 2.05) is 35.2 Å². The number of para-hydroxylation sites is 1. The van der Waals surface area contributed by atoms with Crippen molar-refractivity contribution in [1.82, 2.24) is 20.2 Å². The second-order valence-electron chi connectivity index (χ2n) is 6.46. The molecule has 3 N–H and O–H groups in total. The summed E-state index contributed by atoms with van der Waals surface area (Å²) in [5, 5.41) is 3.29. The van der Waals surface area contributed by atoms with Crippen LogP contribution in [0.15, 0.2) is 36.5 Å². The second-order valence-corrected chi connectivity index (χ2v) is 6.46. The number of nitrogens with one attached hydrogen (secondary N) is 1. The Morgan fingerprint density at radius 1 is 1.32 bits per heavy atom. The first-order chi connectivity index (χ1) is 12.2. The molecule has 0 bridgehead atoms. The Hall–Kier alpha value is -2.67. The number of nitrogen functional groups attached to an aromatic ring is 1. The second kappa shape index (κ2) is 6.68. The van der Waals surface area contributed by atoms with E-state index in [9.17, 15) is 4.79 Å². The van der Waals surface area contributed by atoms with E-state index in [0.717, 1.165) is 23.4 Å². The lowest BCUT2D eigenvalue weighted by Gasteiger charge is -2.30. The van der Waals surface area contributed by atoms with Crippen molar-refractivity contribution >= 4 is 11.9 Å². The first-order valence-corrected chi connectivity index (χ1v) is 8.53. The van der Waals surface area contributed by atoms with Gasteiger partial charge < -0.3 is 20.7 Å². The Morgan fingerprint density at radius 2 is 2.16 bits per heavy atom. The molecule has 2 aromatic rings. The van der Waals surface area contributed by atoms with Gasteiger partial charge in [-0.25, -0.2) is 9.97 Å². The summed E-state index contributed by atoms with van der Waals surface area (Å²) in [6, 6.07) is 9.49. The van der Waals surface area contributed by atoms with E-state index in [1.54, 1.807) is 6.20 Å². The zero-order valence-corrected chi connectivity index (χ0v) is 13.9. The van der Waals surface area contributed by atoms with Crippen LogP contribution in [0.1, 0.15) is 17.7 Å². The number of benzene rings is 1. The molecule has 130 valence electrons. The predicted molar refractivity (Wildman–Crippen MR) is 92.8 cm³/mol. The maximum absolute atomic E-state index is 12.8. The number of nitrogens with two attached hydrogens (primary N) is 1. The van der Waals surface area contributed by atoms with Crippen molar-refractivity contribution in [2.24, 2.45) is 0 Å². The van der Waals surface area contributed by atoms with Gasteiger partial charge in [0.1, 0.15) is 11.9 Å². The molecular formula is C18H21N5O2. The van der Waals surface area contributed by atoms with Crippen molar-refractivity contribution in [2.45, 2.75) is 31.5 Å². The number of carbonyl (C=O) groups excluding carboxylic acids is 1. The van der Waals surface area contributed by atoms with Crippen LogP contribution in [0, 0.1) is 0 Å². The highest BCUT2D eigenvalue weighted by molar-refractivity contribution is 5.82. The highest BCUT2D eigenvalue weighted by Gasteiger charge is 2.34. The smallest absolute Gasteiger partial charge is 0.240 e. The van der Waals surface area contributed by atoms with Gasteiger partial charge in [0.25, 0.3) is 0 Å². The molecule has 1 aromatic carbocycles. The van der Waals surface area contributed by atoms with E-state index in [2.05, 4.69) is 15.3 Å². The standard InChI is InChI=1S/C18H21N5O2/c19-18-21-9-12-6-7-23(11-16(12)22-18)17(24)15-8-14(10-20-15)25-13-4-2-1-3-5-13/h1-5,9,14-15,20H,6-8,10-11H2,(H2,19,21,22)/t14-,15-/m0/s1. The van der Waals surface area contributed by atoms with Crippen LogP contribution >= 0.6 is 0 Å². The number of rotatable bonds is 3. The van der Waals surface area contributed by atoms with E-state index in [1.165, 1.54) is 0 Å². The van der Waals surface area contributed by atoms with Crippen molar-refractivity contribution in [3.63, 3.8) is 0 Å². The SMILES string of the molecule is Nc1ncc2c(n1)CN(C(=O)[C@@H]1C[C@H](Oc3ccccc3)CN1)CC2. The molecule has 7 heteroatoms. The van der Waals surface area contributed by atoms with Gasteiger partial charge in [0, 0.05) is 25.7 Å². The molecule has 1 amide bonds. The van der Waals surface area contributed by atoms with Crippen molar-refractivity contribution < 1.29 is 9.53 Å². The van der Waals surface area contributed by atoms with E-state index in [-0.39, 0.29) is 24.0 Å². The minimum absolute atomic E-state index is 0.00592. The highest BCUT2D eigenvalue weighted by atomic mass is 16.5. The summed E-state index contributed by atoms with van der Waals surface area (Å²) < 4.78 is 5.94. The van der Waals surface area contributed by atoms with Gasteiger partial charge in [0.2, 0.25) is 11.9 Å². The van der Waals surface area contributed by atoms with Gasteiger partial charge in [0.05, 0.1) is 18.3 Å². The lowest BCUT2D eigenvalue weighted by molar-refractivity contribution is -0.134. The number of carbonyl (C=O) groups is 1. The average molecular weight is 339 g/mol. The summed E-state index contributed by atoms with van der Waals surface area (Å²) in [6.45, 7) is 1.84. The molecule has 2 aliphatic heterocycles.